The number of carbonyl (C=O) groups excluding carboxylic acids is 1. The topological polar surface area (TPSA) is 85.2 Å². The summed E-state index contributed by atoms with van der Waals surface area (Å²) in [6.45, 7) is 4.25. The van der Waals surface area contributed by atoms with Gasteiger partial charge in [0.2, 0.25) is 0 Å². The van der Waals surface area contributed by atoms with Crippen LogP contribution in [0.25, 0.3) is 0 Å². The maximum Gasteiger partial charge on any atom is 0.302 e. The molecular formula is C10H22O6. The van der Waals surface area contributed by atoms with E-state index in [9.17, 15) is 4.79 Å². The lowest BCUT2D eigenvalue weighted by molar-refractivity contribution is -0.144. The molecule has 0 spiro atoms. The van der Waals surface area contributed by atoms with Gasteiger partial charge < -0.3 is 24.4 Å². The Kier molecular flexibility index (Phi) is 15.8. The number of aliphatic hydroxyl groups excluding tert-OH is 2. The number of hydrogen-bond donors (Lipinski definition) is 2. The quantitative estimate of drug-likeness (QED) is 0.462. The highest BCUT2D eigenvalue weighted by Gasteiger charge is 1.99. The van der Waals surface area contributed by atoms with E-state index in [1.165, 1.54) is 6.92 Å². The van der Waals surface area contributed by atoms with E-state index in [4.69, 9.17) is 14.9 Å². The van der Waals surface area contributed by atoms with Crippen molar-refractivity contribution in [1.29, 1.82) is 0 Å². The van der Waals surface area contributed by atoms with Gasteiger partial charge in [-0.15, -0.1) is 0 Å². The molecule has 0 aromatic rings. The molecule has 0 radical (unpaired) electrons. The third kappa shape index (κ3) is 19.0. The van der Waals surface area contributed by atoms with Gasteiger partial charge in [0.05, 0.1) is 32.5 Å². The SMILES string of the molecule is COC(C)COC(C)=O.OCCOCCO. The van der Waals surface area contributed by atoms with E-state index >= 15 is 0 Å². The molecule has 0 aromatic heterocycles. The highest BCUT2D eigenvalue weighted by atomic mass is 16.6. The van der Waals surface area contributed by atoms with Crippen LogP contribution >= 0.6 is 0 Å². The normalized spacial score (nSPS) is 11.3. The van der Waals surface area contributed by atoms with Gasteiger partial charge in [-0.3, -0.25) is 4.79 Å². The van der Waals surface area contributed by atoms with E-state index in [0.29, 0.717) is 19.8 Å². The van der Waals surface area contributed by atoms with Gasteiger partial charge in [-0.25, -0.2) is 0 Å². The van der Waals surface area contributed by atoms with Crippen molar-refractivity contribution in [2.75, 3.05) is 40.1 Å². The summed E-state index contributed by atoms with van der Waals surface area (Å²) in [6.07, 6.45) is -0.00565. The summed E-state index contributed by atoms with van der Waals surface area (Å²) in [5, 5.41) is 16.2. The maximum absolute atomic E-state index is 10.2. The fraction of sp³-hybridized carbons (Fsp3) is 0.900. The Balaban J connectivity index is 0. The number of hydrogen-bond acceptors (Lipinski definition) is 6. The highest BCUT2D eigenvalue weighted by molar-refractivity contribution is 5.65. The fourth-order valence-corrected chi connectivity index (χ4v) is 0.534. The minimum Gasteiger partial charge on any atom is -0.463 e. The molecule has 16 heavy (non-hydrogen) atoms. The van der Waals surface area contributed by atoms with Gasteiger partial charge in [0.25, 0.3) is 0 Å². The standard InChI is InChI=1S/C6H12O3.C4H10O3/c1-5(8-3)4-9-6(2)7;5-1-3-7-4-2-6/h5H,4H2,1-3H3;5-6H,1-4H2. The molecule has 0 bridgehead atoms. The summed E-state index contributed by atoms with van der Waals surface area (Å²) in [6, 6.07) is 0. The van der Waals surface area contributed by atoms with Crippen molar-refractivity contribution in [3.8, 4) is 0 Å². The number of carbonyl (C=O) groups is 1. The molecule has 0 amide bonds. The lowest BCUT2D eigenvalue weighted by atomic mass is 10.4. The van der Waals surface area contributed by atoms with Crippen LogP contribution in [-0.2, 0) is 19.0 Å². The first-order valence-corrected chi connectivity index (χ1v) is 5.04. The molecule has 1 unspecified atom stereocenters. The summed E-state index contributed by atoms with van der Waals surface area (Å²) < 4.78 is 14.1. The van der Waals surface area contributed by atoms with Gasteiger partial charge in [0, 0.05) is 14.0 Å². The molecule has 0 saturated heterocycles. The minimum absolute atomic E-state index is 0.00565. The van der Waals surface area contributed by atoms with Crippen LogP contribution in [-0.4, -0.2) is 62.4 Å². The van der Waals surface area contributed by atoms with Gasteiger partial charge >= 0.3 is 5.97 Å². The second kappa shape index (κ2) is 14.3. The molecule has 6 heteroatoms. The van der Waals surface area contributed by atoms with E-state index in [1.807, 2.05) is 6.92 Å². The molecular weight excluding hydrogens is 216 g/mol. The van der Waals surface area contributed by atoms with Crippen LogP contribution in [0.5, 0.6) is 0 Å². The van der Waals surface area contributed by atoms with E-state index < -0.39 is 0 Å². The number of methoxy groups -OCH3 is 1. The van der Waals surface area contributed by atoms with E-state index in [2.05, 4.69) is 9.47 Å². The Labute approximate surface area is 96.1 Å². The maximum atomic E-state index is 10.2. The van der Waals surface area contributed by atoms with Gasteiger partial charge in [0.15, 0.2) is 0 Å². The number of rotatable bonds is 7. The van der Waals surface area contributed by atoms with Crippen molar-refractivity contribution in [3.63, 3.8) is 0 Å². The predicted molar refractivity (Wildman–Crippen MR) is 58.1 cm³/mol. The monoisotopic (exact) mass is 238 g/mol. The first-order chi connectivity index (χ1) is 7.58. The van der Waals surface area contributed by atoms with Crippen LogP contribution in [0.1, 0.15) is 13.8 Å². The van der Waals surface area contributed by atoms with Crippen LogP contribution in [0.15, 0.2) is 0 Å². The van der Waals surface area contributed by atoms with Crippen LogP contribution in [0.3, 0.4) is 0 Å². The third-order valence-electron chi connectivity index (χ3n) is 1.39. The Hall–Kier alpha value is -0.690. The Bertz CT molecular complexity index is 146. The zero-order chi connectivity index (χ0) is 12.8. The summed E-state index contributed by atoms with van der Waals surface area (Å²) >= 11 is 0. The van der Waals surface area contributed by atoms with Crippen molar-refractivity contribution in [2.24, 2.45) is 0 Å². The van der Waals surface area contributed by atoms with Crippen molar-refractivity contribution < 1.29 is 29.2 Å². The minimum atomic E-state index is -0.265. The molecule has 0 aliphatic carbocycles. The molecule has 0 fully saturated rings. The van der Waals surface area contributed by atoms with Crippen LogP contribution in [0.4, 0.5) is 0 Å². The van der Waals surface area contributed by atoms with Crippen LogP contribution in [0, 0.1) is 0 Å². The van der Waals surface area contributed by atoms with E-state index in [0.717, 1.165) is 0 Å². The van der Waals surface area contributed by atoms with Gasteiger partial charge in [-0.1, -0.05) is 0 Å². The number of esters is 1. The summed E-state index contributed by atoms with van der Waals surface area (Å²) in [5.41, 5.74) is 0. The van der Waals surface area contributed by atoms with E-state index in [1.54, 1.807) is 7.11 Å². The molecule has 0 rings (SSSR count). The van der Waals surface area contributed by atoms with Crippen molar-refractivity contribution in [3.05, 3.63) is 0 Å². The first-order valence-electron chi connectivity index (χ1n) is 5.04. The number of aliphatic hydroxyl groups is 2. The second-order valence-corrected chi connectivity index (χ2v) is 2.91. The molecule has 1 atom stereocenters. The Morgan fingerprint density at radius 1 is 1.25 bits per heavy atom. The van der Waals surface area contributed by atoms with E-state index in [-0.39, 0.29) is 25.3 Å². The largest absolute Gasteiger partial charge is 0.463 e. The first kappa shape index (κ1) is 17.7. The van der Waals surface area contributed by atoms with Gasteiger partial charge in [0.1, 0.15) is 6.61 Å². The lowest BCUT2D eigenvalue weighted by Gasteiger charge is -2.07. The average Bonchev–Trinajstić information content (AvgIpc) is 2.27. The van der Waals surface area contributed by atoms with Crippen molar-refractivity contribution >= 4 is 5.97 Å². The lowest BCUT2D eigenvalue weighted by Crippen LogP contribution is -2.15. The smallest absolute Gasteiger partial charge is 0.302 e. The van der Waals surface area contributed by atoms with Crippen molar-refractivity contribution in [1.82, 2.24) is 0 Å². The Morgan fingerprint density at radius 3 is 2.06 bits per heavy atom. The van der Waals surface area contributed by atoms with Gasteiger partial charge in [-0.05, 0) is 6.92 Å². The zero-order valence-electron chi connectivity index (χ0n) is 10.1. The molecule has 2 N–H and O–H groups in total. The molecule has 98 valence electrons. The fourth-order valence-electron chi connectivity index (χ4n) is 0.534. The van der Waals surface area contributed by atoms with Crippen LogP contribution < -0.4 is 0 Å². The third-order valence-corrected chi connectivity index (χ3v) is 1.39. The van der Waals surface area contributed by atoms with Crippen molar-refractivity contribution in [2.45, 2.75) is 20.0 Å². The molecule has 0 aromatic carbocycles. The van der Waals surface area contributed by atoms with Crippen LogP contribution in [0.2, 0.25) is 0 Å². The summed E-state index contributed by atoms with van der Waals surface area (Å²) in [7, 11) is 1.58. The second-order valence-electron chi connectivity index (χ2n) is 2.91. The zero-order valence-corrected chi connectivity index (χ0v) is 10.1. The average molecular weight is 238 g/mol. The highest BCUT2D eigenvalue weighted by Crippen LogP contribution is 1.88. The summed E-state index contributed by atoms with van der Waals surface area (Å²) in [4.78, 5) is 10.2. The van der Waals surface area contributed by atoms with Gasteiger partial charge in [-0.2, -0.15) is 0 Å². The molecule has 0 heterocycles. The predicted octanol–water partition coefficient (Wildman–Crippen LogP) is -0.428. The number of ether oxygens (including phenoxy) is 3. The molecule has 0 saturated carbocycles. The Morgan fingerprint density at radius 2 is 1.75 bits per heavy atom. The summed E-state index contributed by atoms with van der Waals surface area (Å²) in [5.74, 6) is -0.265. The molecule has 6 nitrogen and oxygen atoms in total. The molecule has 0 aliphatic heterocycles. The molecule has 0 aliphatic rings.